The lowest BCUT2D eigenvalue weighted by molar-refractivity contribution is 0.380. The summed E-state index contributed by atoms with van der Waals surface area (Å²) in [5, 5.41) is 0. The van der Waals surface area contributed by atoms with Gasteiger partial charge in [0, 0.05) is 0 Å². The van der Waals surface area contributed by atoms with Gasteiger partial charge in [-0.05, 0) is 51.4 Å². The SMILES string of the molecule is C=C1C=C(C)CCC1C1CCC(C)=CC1=C. The lowest BCUT2D eigenvalue weighted by atomic mass is 9.71. The van der Waals surface area contributed by atoms with Crippen LogP contribution in [0.3, 0.4) is 0 Å². The molecule has 2 rings (SSSR count). The van der Waals surface area contributed by atoms with Gasteiger partial charge in [0.25, 0.3) is 0 Å². The van der Waals surface area contributed by atoms with E-state index in [1.165, 1.54) is 48.0 Å². The van der Waals surface area contributed by atoms with Gasteiger partial charge in [0.1, 0.15) is 0 Å². The molecular weight excluding hydrogens is 192 g/mol. The Labute approximate surface area is 99.4 Å². The third kappa shape index (κ3) is 2.21. The first-order chi connectivity index (χ1) is 7.58. The van der Waals surface area contributed by atoms with E-state index < -0.39 is 0 Å². The van der Waals surface area contributed by atoms with Gasteiger partial charge < -0.3 is 0 Å². The highest BCUT2D eigenvalue weighted by Crippen LogP contribution is 2.41. The third-order valence-electron chi connectivity index (χ3n) is 4.00. The van der Waals surface area contributed by atoms with Crippen molar-refractivity contribution in [2.75, 3.05) is 0 Å². The van der Waals surface area contributed by atoms with E-state index in [0.717, 1.165) is 0 Å². The van der Waals surface area contributed by atoms with Crippen LogP contribution in [0.4, 0.5) is 0 Å². The standard InChI is InChI=1S/C16H22/c1-11-5-7-15(13(3)9-11)16-8-6-12(2)10-14(16)4/h9-10,15-16H,3-8H2,1-2H3. The highest BCUT2D eigenvalue weighted by atomic mass is 14.3. The molecule has 16 heavy (non-hydrogen) atoms. The van der Waals surface area contributed by atoms with Crippen LogP contribution in [0, 0.1) is 11.8 Å². The molecule has 2 aliphatic rings. The zero-order chi connectivity index (χ0) is 11.7. The molecule has 86 valence electrons. The van der Waals surface area contributed by atoms with Crippen molar-refractivity contribution in [1.29, 1.82) is 0 Å². The fraction of sp³-hybridized carbons (Fsp3) is 0.500. The summed E-state index contributed by atoms with van der Waals surface area (Å²) in [4.78, 5) is 0. The second kappa shape index (κ2) is 4.45. The molecule has 0 aromatic carbocycles. The minimum absolute atomic E-state index is 0.639. The van der Waals surface area contributed by atoms with Gasteiger partial charge in [0.2, 0.25) is 0 Å². The van der Waals surface area contributed by atoms with E-state index in [-0.39, 0.29) is 0 Å². The van der Waals surface area contributed by atoms with Crippen LogP contribution in [0.2, 0.25) is 0 Å². The molecule has 0 aromatic rings. The number of rotatable bonds is 1. The van der Waals surface area contributed by atoms with E-state index in [4.69, 9.17) is 0 Å². The Kier molecular flexibility index (Phi) is 3.18. The second-order valence-corrected chi connectivity index (χ2v) is 5.42. The minimum Gasteiger partial charge on any atom is -0.0955 e. The van der Waals surface area contributed by atoms with Crippen LogP contribution in [0.25, 0.3) is 0 Å². The normalized spacial score (nSPS) is 31.1. The Morgan fingerprint density at radius 1 is 0.875 bits per heavy atom. The Balaban J connectivity index is 2.15. The minimum atomic E-state index is 0.639. The highest BCUT2D eigenvalue weighted by Gasteiger charge is 2.28. The van der Waals surface area contributed by atoms with Crippen LogP contribution in [-0.4, -0.2) is 0 Å². The molecule has 0 heterocycles. The monoisotopic (exact) mass is 214 g/mol. The van der Waals surface area contributed by atoms with Gasteiger partial charge in [-0.25, -0.2) is 0 Å². The van der Waals surface area contributed by atoms with Crippen molar-refractivity contribution >= 4 is 0 Å². The molecule has 0 aromatic heterocycles. The predicted octanol–water partition coefficient (Wildman–Crippen LogP) is 4.81. The van der Waals surface area contributed by atoms with Gasteiger partial charge in [0.15, 0.2) is 0 Å². The van der Waals surface area contributed by atoms with Gasteiger partial charge >= 0.3 is 0 Å². The highest BCUT2D eigenvalue weighted by molar-refractivity contribution is 5.33. The van der Waals surface area contributed by atoms with Gasteiger partial charge in [-0.3, -0.25) is 0 Å². The summed E-state index contributed by atoms with van der Waals surface area (Å²) in [6.45, 7) is 12.9. The van der Waals surface area contributed by atoms with Crippen molar-refractivity contribution in [1.82, 2.24) is 0 Å². The maximum absolute atomic E-state index is 4.24. The second-order valence-electron chi connectivity index (χ2n) is 5.42. The van der Waals surface area contributed by atoms with Gasteiger partial charge in [-0.15, -0.1) is 0 Å². The fourth-order valence-corrected chi connectivity index (χ4v) is 3.05. The van der Waals surface area contributed by atoms with Crippen molar-refractivity contribution in [2.24, 2.45) is 11.8 Å². The Hall–Kier alpha value is -1.04. The largest absolute Gasteiger partial charge is 0.0955 e. The van der Waals surface area contributed by atoms with Crippen LogP contribution in [0.15, 0.2) is 47.6 Å². The van der Waals surface area contributed by atoms with E-state index >= 15 is 0 Å². The quantitative estimate of drug-likeness (QED) is 0.587. The van der Waals surface area contributed by atoms with Gasteiger partial charge in [-0.2, -0.15) is 0 Å². The molecule has 0 N–H and O–H groups in total. The molecule has 2 atom stereocenters. The van der Waals surface area contributed by atoms with Crippen molar-refractivity contribution in [3.63, 3.8) is 0 Å². The van der Waals surface area contributed by atoms with Crippen LogP contribution in [-0.2, 0) is 0 Å². The molecule has 0 amide bonds. The first-order valence-corrected chi connectivity index (χ1v) is 6.30. The summed E-state index contributed by atoms with van der Waals surface area (Å²) in [5.41, 5.74) is 5.61. The molecule has 0 radical (unpaired) electrons. The average molecular weight is 214 g/mol. The molecule has 0 fully saturated rings. The van der Waals surface area contributed by atoms with Crippen molar-refractivity contribution < 1.29 is 0 Å². The van der Waals surface area contributed by atoms with E-state index in [1.54, 1.807) is 0 Å². The van der Waals surface area contributed by atoms with Crippen molar-refractivity contribution in [3.8, 4) is 0 Å². The summed E-state index contributed by atoms with van der Waals surface area (Å²) in [5.74, 6) is 1.28. The summed E-state index contributed by atoms with van der Waals surface area (Å²) >= 11 is 0. The topological polar surface area (TPSA) is 0 Å². The van der Waals surface area contributed by atoms with Gasteiger partial charge in [0.05, 0.1) is 0 Å². The number of hydrogen-bond donors (Lipinski definition) is 0. The number of hydrogen-bond acceptors (Lipinski definition) is 0. The molecule has 2 unspecified atom stereocenters. The van der Waals surface area contributed by atoms with E-state index in [1.807, 2.05) is 0 Å². The maximum Gasteiger partial charge on any atom is -0.00960 e. The molecule has 0 saturated carbocycles. The lowest BCUT2D eigenvalue weighted by Crippen LogP contribution is -2.22. The average Bonchev–Trinajstić information content (AvgIpc) is 2.19. The van der Waals surface area contributed by atoms with Crippen LogP contribution in [0.5, 0.6) is 0 Å². The summed E-state index contributed by atoms with van der Waals surface area (Å²) in [7, 11) is 0. The smallest absolute Gasteiger partial charge is 0.00960 e. The van der Waals surface area contributed by atoms with Crippen LogP contribution >= 0.6 is 0 Å². The zero-order valence-electron chi connectivity index (χ0n) is 10.6. The molecule has 0 aliphatic heterocycles. The Morgan fingerprint density at radius 3 is 1.56 bits per heavy atom. The molecule has 2 aliphatic carbocycles. The van der Waals surface area contributed by atoms with Crippen LogP contribution in [0.1, 0.15) is 39.5 Å². The van der Waals surface area contributed by atoms with Crippen LogP contribution < -0.4 is 0 Å². The van der Waals surface area contributed by atoms with Gasteiger partial charge in [-0.1, -0.05) is 47.6 Å². The summed E-state index contributed by atoms with van der Waals surface area (Å²) in [6, 6.07) is 0. The summed E-state index contributed by atoms with van der Waals surface area (Å²) < 4.78 is 0. The molecule has 0 bridgehead atoms. The van der Waals surface area contributed by atoms with E-state index in [0.29, 0.717) is 11.8 Å². The zero-order valence-corrected chi connectivity index (χ0v) is 10.6. The summed E-state index contributed by atoms with van der Waals surface area (Å²) in [6.07, 6.45) is 9.56. The lowest BCUT2D eigenvalue weighted by Gasteiger charge is -2.34. The first-order valence-electron chi connectivity index (χ1n) is 6.30. The first kappa shape index (κ1) is 11.4. The molecule has 0 heteroatoms. The van der Waals surface area contributed by atoms with E-state index in [9.17, 15) is 0 Å². The maximum atomic E-state index is 4.24. The molecular formula is C16H22. The van der Waals surface area contributed by atoms with Crippen molar-refractivity contribution in [2.45, 2.75) is 39.5 Å². The van der Waals surface area contributed by atoms with E-state index in [2.05, 4.69) is 39.2 Å². The Bertz CT molecular complexity index is 341. The molecule has 0 nitrogen and oxygen atoms in total. The molecule has 0 spiro atoms. The van der Waals surface area contributed by atoms with Crippen molar-refractivity contribution in [3.05, 3.63) is 47.6 Å². The third-order valence-corrected chi connectivity index (χ3v) is 4.00. The number of allylic oxidation sites excluding steroid dienone is 6. The fourth-order valence-electron chi connectivity index (χ4n) is 3.05. The Morgan fingerprint density at radius 2 is 1.25 bits per heavy atom. The molecule has 0 saturated heterocycles. The predicted molar refractivity (Wildman–Crippen MR) is 71.2 cm³/mol.